The van der Waals surface area contributed by atoms with Crippen molar-refractivity contribution in [2.24, 2.45) is 11.1 Å². The van der Waals surface area contributed by atoms with E-state index in [1.165, 1.54) is 6.20 Å². The van der Waals surface area contributed by atoms with Gasteiger partial charge in [0.05, 0.1) is 10.6 Å². The minimum absolute atomic E-state index is 0. The third kappa shape index (κ3) is 5.43. The van der Waals surface area contributed by atoms with Gasteiger partial charge in [-0.2, -0.15) is 0 Å². The Morgan fingerprint density at radius 1 is 1.25 bits per heavy atom. The molecule has 1 fully saturated rings. The Labute approximate surface area is 187 Å². The molecular weight excluding hydrogens is 444 g/mol. The van der Waals surface area contributed by atoms with Crippen LogP contribution in [0.25, 0.3) is 0 Å². The molecule has 28 heavy (non-hydrogen) atoms. The van der Waals surface area contributed by atoms with Crippen molar-refractivity contribution in [3.63, 3.8) is 0 Å². The average Bonchev–Trinajstić information content (AvgIpc) is 2.61. The van der Waals surface area contributed by atoms with E-state index >= 15 is 0 Å². The number of piperidine rings is 1. The highest BCUT2D eigenvalue weighted by Gasteiger charge is 2.35. The van der Waals surface area contributed by atoms with Crippen LogP contribution >= 0.6 is 48.0 Å². The predicted octanol–water partition coefficient (Wildman–Crippen LogP) is 5.22. The number of nitrogens with zero attached hydrogens (tertiary/aromatic N) is 2. The lowest BCUT2D eigenvalue weighted by atomic mass is 9.79. The van der Waals surface area contributed by atoms with E-state index in [0.717, 1.165) is 6.42 Å². The van der Waals surface area contributed by atoms with E-state index in [1.807, 2.05) is 4.90 Å². The van der Waals surface area contributed by atoms with Crippen molar-refractivity contribution in [1.29, 1.82) is 0 Å². The van der Waals surface area contributed by atoms with Crippen molar-refractivity contribution < 1.29 is 9.53 Å². The molecule has 5 nitrogen and oxygen atoms in total. The number of halogens is 4. The van der Waals surface area contributed by atoms with Gasteiger partial charge in [0.25, 0.3) is 5.91 Å². The number of hydrogen-bond acceptors (Lipinski definition) is 4. The smallest absolute Gasteiger partial charge is 0.255 e. The normalized spacial score (nSPS) is 17.9. The third-order valence-corrected chi connectivity index (χ3v) is 5.51. The number of benzene rings is 1. The first-order valence-electron chi connectivity index (χ1n) is 8.41. The molecule has 0 saturated carbocycles. The minimum Gasteiger partial charge on any atom is -0.437 e. The Morgan fingerprint density at radius 3 is 2.57 bits per heavy atom. The van der Waals surface area contributed by atoms with Crippen LogP contribution in [0.3, 0.4) is 0 Å². The standard InChI is InChI=1S/C19H21Cl2N3O2.2ClH/c1-19(2)11-24(9-8-15(19)22)18(25)12-6-7-16(23-10-12)26-14-5-3-4-13(20)17(14)21;;/h3-7,10,15H,8-9,11,22H2,1-2H3;2*1H. The van der Waals surface area contributed by atoms with Gasteiger partial charge in [-0.05, 0) is 30.0 Å². The average molecular weight is 467 g/mol. The van der Waals surface area contributed by atoms with Crippen molar-refractivity contribution >= 4 is 53.9 Å². The Balaban J connectivity index is 0.00000196. The molecule has 0 spiro atoms. The molecule has 9 heteroatoms. The molecule has 154 valence electrons. The van der Waals surface area contributed by atoms with Crippen LogP contribution in [0.5, 0.6) is 11.6 Å². The van der Waals surface area contributed by atoms with E-state index in [4.69, 9.17) is 33.7 Å². The largest absolute Gasteiger partial charge is 0.437 e. The zero-order chi connectivity index (χ0) is 18.9. The lowest BCUT2D eigenvalue weighted by molar-refractivity contribution is 0.0532. The van der Waals surface area contributed by atoms with Gasteiger partial charge in [0, 0.05) is 31.4 Å². The van der Waals surface area contributed by atoms with Gasteiger partial charge in [-0.1, -0.05) is 43.1 Å². The predicted molar refractivity (Wildman–Crippen MR) is 118 cm³/mol. The quantitative estimate of drug-likeness (QED) is 0.672. The number of hydrogen-bond donors (Lipinski definition) is 1. The minimum atomic E-state index is -0.103. The van der Waals surface area contributed by atoms with Crippen molar-refractivity contribution in [3.8, 4) is 11.6 Å². The van der Waals surface area contributed by atoms with Crippen LogP contribution in [0.1, 0.15) is 30.6 Å². The first-order chi connectivity index (χ1) is 12.3. The Morgan fingerprint density at radius 2 is 1.96 bits per heavy atom. The lowest BCUT2D eigenvalue weighted by Gasteiger charge is -2.42. The fourth-order valence-corrected chi connectivity index (χ4v) is 3.30. The summed E-state index contributed by atoms with van der Waals surface area (Å²) in [4.78, 5) is 18.8. The summed E-state index contributed by atoms with van der Waals surface area (Å²) in [5.41, 5.74) is 6.55. The second-order valence-electron chi connectivity index (χ2n) is 7.15. The number of ether oxygens (including phenoxy) is 1. The van der Waals surface area contributed by atoms with Gasteiger partial charge < -0.3 is 15.4 Å². The van der Waals surface area contributed by atoms with Crippen LogP contribution in [0.4, 0.5) is 0 Å². The lowest BCUT2D eigenvalue weighted by Crippen LogP contribution is -2.54. The van der Waals surface area contributed by atoms with Gasteiger partial charge in [-0.3, -0.25) is 4.79 Å². The van der Waals surface area contributed by atoms with Crippen LogP contribution in [0.15, 0.2) is 36.5 Å². The second kappa shape index (κ2) is 9.99. The summed E-state index contributed by atoms with van der Waals surface area (Å²) in [5.74, 6) is 0.703. The van der Waals surface area contributed by atoms with Gasteiger partial charge in [-0.15, -0.1) is 24.8 Å². The zero-order valence-electron chi connectivity index (χ0n) is 15.5. The number of carbonyl (C=O) groups is 1. The fourth-order valence-electron chi connectivity index (χ4n) is 2.97. The van der Waals surface area contributed by atoms with Gasteiger partial charge in [0.15, 0.2) is 0 Å². The summed E-state index contributed by atoms with van der Waals surface area (Å²) in [6.45, 7) is 5.45. The number of pyridine rings is 1. The molecule has 1 aliphatic rings. The molecule has 0 bridgehead atoms. The van der Waals surface area contributed by atoms with Crippen LogP contribution in [-0.4, -0.2) is 34.9 Å². The molecule has 2 heterocycles. The van der Waals surface area contributed by atoms with E-state index in [9.17, 15) is 4.79 Å². The topological polar surface area (TPSA) is 68.5 Å². The van der Waals surface area contributed by atoms with Crippen molar-refractivity contribution in [2.75, 3.05) is 13.1 Å². The summed E-state index contributed by atoms with van der Waals surface area (Å²) in [5, 5.41) is 0.727. The monoisotopic (exact) mass is 465 g/mol. The Hall–Kier alpha value is -1.24. The van der Waals surface area contributed by atoms with E-state index < -0.39 is 0 Å². The SMILES string of the molecule is CC1(C)CN(C(=O)c2ccc(Oc3cccc(Cl)c3Cl)nc2)CCC1N.Cl.Cl. The van der Waals surface area contributed by atoms with Crippen LogP contribution in [0.2, 0.25) is 10.0 Å². The molecule has 2 aromatic rings. The highest BCUT2D eigenvalue weighted by molar-refractivity contribution is 6.42. The van der Waals surface area contributed by atoms with Gasteiger partial charge in [-0.25, -0.2) is 4.98 Å². The highest BCUT2D eigenvalue weighted by Crippen LogP contribution is 2.34. The third-order valence-electron chi connectivity index (χ3n) is 4.71. The second-order valence-corrected chi connectivity index (χ2v) is 7.93. The first-order valence-corrected chi connectivity index (χ1v) is 9.16. The molecule has 1 amide bonds. The van der Waals surface area contributed by atoms with Gasteiger partial charge >= 0.3 is 0 Å². The maximum absolute atomic E-state index is 12.7. The Bertz CT molecular complexity index is 815. The Kier molecular flexibility index (Phi) is 8.85. The molecule has 3 rings (SSSR count). The summed E-state index contributed by atoms with van der Waals surface area (Å²) >= 11 is 12.1. The molecule has 2 N–H and O–H groups in total. The van der Waals surface area contributed by atoms with E-state index in [0.29, 0.717) is 40.3 Å². The van der Waals surface area contributed by atoms with Gasteiger partial charge in [0.2, 0.25) is 5.88 Å². The number of nitrogens with two attached hydrogens (primary N) is 1. The fraction of sp³-hybridized carbons (Fsp3) is 0.368. The highest BCUT2D eigenvalue weighted by atomic mass is 35.5. The molecule has 1 saturated heterocycles. The number of amides is 1. The summed E-state index contributed by atoms with van der Waals surface area (Å²) in [6.07, 6.45) is 2.30. The first kappa shape index (κ1) is 24.8. The molecular formula is C19H23Cl4N3O2. The molecule has 1 aromatic heterocycles. The number of rotatable bonds is 3. The zero-order valence-corrected chi connectivity index (χ0v) is 18.7. The molecule has 1 unspecified atom stereocenters. The molecule has 0 aliphatic carbocycles. The molecule has 1 aliphatic heterocycles. The number of aromatic nitrogens is 1. The van der Waals surface area contributed by atoms with E-state index in [-0.39, 0.29) is 42.2 Å². The molecule has 1 aromatic carbocycles. The van der Waals surface area contributed by atoms with E-state index in [1.54, 1.807) is 30.3 Å². The number of likely N-dealkylation sites (tertiary alicyclic amines) is 1. The van der Waals surface area contributed by atoms with Gasteiger partial charge in [0.1, 0.15) is 10.8 Å². The summed E-state index contributed by atoms with van der Waals surface area (Å²) < 4.78 is 5.65. The van der Waals surface area contributed by atoms with Crippen molar-refractivity contribution in [2.45, 2.75) is 26.3 Å². The van der Waals surface area contributed by atoms with Crippen LogP contribution in [0, 0.1) is 5.41 Å². The summed E-state index contributed by atoms with van der Waals surface area (Å²) in [6, 6.07) is 8.56. The van der Waals surface area contributed by atoms with E-state index in [2.05, 4.69) is 18.8 Å². The van der Waals surface area contributed by atoms with Crippen LogP contribution < -0.4 is 10.5 Å². The maximum Gasteiger partial charge on any atom is 0.255 e. The number of carbonyl (C=O) groups excluding carboxylic acids is 1. The molecule has 1 atom stereocenters. The summed E-state index contributed by atoms with van der Waals surface area (Å²) in [7, 11) is 0. The molecule has 0 radical (unpaired) electrons. The van der Waals surface area contributed by atoms with Crippen LogP contribution in [-0.2, 0) is 0 Å². The maximum atomic E-state index is 12.7. The van der Waals surface area contributed by atoms with Crippen molar-refractivity contribution in [1.82, 2.24) is 9.88 Å². The van der Waals surface area contributed by atoms with Crippen molar-refractivity contribution in [3.05, 3.63) is 52.1 Å².